The summed E-state index contributed by atoms with van der Waals surface area (Å²) in [6.45, 7) is 1.99. The number of hydrogen-bond acceptors (Lipinski definition) is 3. The molecule has 1 aromatic rings. The molecule has 1 aromatic heterocycles. The van der Waals surface area contributed by atoms with Crippen molar-refractivity contribution in [3.63, 3.8) is 0 Å². The van der Waals surface area contributed by atoms with Gasteiger partial charge in [0.1, 0.15) is 11.0 Å². The molecule has 0 radical (unpaired) electrons. The van der Waals surface area contributed by atoms with Crippen molar-refractivity contribution < 1.29 is 9.53 Å². The van der Waals surface area contributed by atoms with Crippen LogP contribution in [0.3, 0.4) is 0 Å². The van der Waals surface area contributed by atoms with E-state index in [0.717, 1.165) is 22.6 Å². The molecule has 70 valence electrons. The zero-order chi connectivity index (χ0) is 9.26. The summed E-state index contributed by atoms with van der Waals surface area (Å²) in [5.41, 5.74) is 0. The van der Waals surface area contributed by atoms with Crippen LogP contribution >= 0.6 is 11.3 Å². The van der Waals surface area contributed by atoms with Crippen molar-refractivity contribution in [2.45, 2.75) is 32.3 Å². The lowest BCUT2D eigenvalue weighted by Crippen LogP contribution is -2.24. The summed E-state index contributed by atoms with van der Waals surface area (Å²) in [5, 5.41) is 0. The van der Waals surface area contributed by atoms with Crippen molar-refractivity contribution >= 4 is 17.3 Å². The molecule has 3 heteroatoms. The van der Waals surface area contributed by atoms with E-state index < -0.39 is 0 Å². The summed E-state index contributed by atoms with van der Waals surface area (Å²) in [5.74, 6) is -0.150. The maximum Gasteiger partial charge on any atom is 0.348 e. The van der Waals surface area contributed by atoms with Crippen molar-refractivity contribution in [1.82, 2.24) is 0 Å². The lowest BCUT2D eigenvalue weighted by Gasteiger charge is -2.24. The molecule has 1 aliphatic carbocycles. The Labute approximate surface area is 81.5 Å². The average Bonchev–Trinajstić information content (AvgIpc) is 2.44. The Balaban J connectivity index is 1.96. The fourth-order valence-electron chi connectivity index (χ4n) is 1.24. The lowest BCUT2D eigenvalue weighted by molar-refractivity contribution is 0.00955. The van der Waals surface area contributed by atoms with E-state index in [1.165, 1.54) is 17.8 Å². The van der Waals surface area contributed by atoms with E-state index in [9.17, 15) is 4.79 Å². The first-order valence-electron chi connectivity index (χ1n) is 4.53. The third kappa shape index (κ3) is 1.91. The van der Waals surface area contributed by atoms with Gasteiger partial charge in [0, 0.05) is 4.88 Å². The van der Waals surface area contributed by atoms with Crippen LogP contribution in [0.1, 0.15) is 33.8 Å². The summed E-state index contributed by atoms with van der Waals surface area (Å²) < 4.78 is 5.26. The van der Waals surface area contributed by atoms with Crippen LogP contribution in [0.5, 0.6) is 0 Å². The van der Waals surface area contributed by atoms with Gasteiger partial charge in [-0.05, 0) is 38.3 Å². The molecule has 0 unspecified atom stereocenters. The molecule has 0 atom stereocenters. The topological polar surface area (TPSA) is 26.3 Å². The van der Waals surface area contributed by atoms with Crippen LogP contribution in [0.25, 0.3) is 0 Å². The normalized spacial score (nSPS) is 16.7. The number of thiophene rings is 1. The first kappa shape index (κ1) is 8.75. The molecule has 0 aromatic carbocycles. The Morgan fingerprint density at radius 3 is 2.77 bits per heavy atom. The molecule has 0 spiro atoms. The second kappa shape index (κ2) is 3.50. The van der Waals surface area contributed by atoms with Crippen molar-refractivity contribution in [3.05, 3.63) is 21.9 Å². The second-order valence-corrected chi connectivity index (χ2v) is 4.66. The number of ether oxygens (including phenoxy) is 1. The maximum atomic E-state index is 11.4. The number of carbonyl (C=O) groups is 1. The van der Waals surface area contributed by atoms with Crippen molar-refractivity contribution in [2.75, 3.05) is 0 Å². The van der Waals surface area contributed by atoms with Gasteiger partial charge in [-0.25, -0.2) is 4.79 Å². The van der Waals surface area contributed by atoms with Gasteiger partial charge in [0.05, 0.1) is 0 Å². The minimum Gasteiger partial charge on any atom is -0.458 e. The van der Waals surface area contributed by atoms with Gasteiger partial charge in [-0.15, -0.1) is 11.3 Å². The first-order valence-corrected chi connectivity index (χ1v) is 5.35. The minimum atomic E-state index is -0.150. The molecule has 1 fully saturated rings. The Morgan fingerprint density at radius 2 is 2.31 bits per heavy atom. The quantitative estimate of drug-likeness (QED) is 0.680. The molecule has 1 saturated carbocycles. The highest BCUT2D eigenvalue weighted by Gasteiger charge is 2.22. The molecule has 0 aliphatic heterocycles. The van der Waals surface area contributed by atoms with Crippen LogP contribution in [-0.2, 0) is 4.74 Å². The van der Waals surface area contributed by atoms with E-state index >= 15 is 0 Å². The average molecular weight is 196 g/mol. The monoisotopic (exact) mass is 196 g/mol. The lowest BCUT2D eigenvalue weighted by atomic mass is 9.96. The summed E-state index contributed by atoms with van der Waals surface area (Å²) in [7, 11) is 0. The van der Waals surface area contributed by atoms with Gasteiger partial charge in [-0.3, -0.25) is 0 Å². The zero-order valence-corrected chi connectivity index (χ0v) is 8.39. The molecular formula is C10H12O2S. The number of hydrogen-bond donors (Lipinski definition) is 0. The minimum absolute atomic E-state index is 0.150. The predicted molar refractivity (Wildman–Crippen MR) is 52.1 cm³/mol. The Kier molecular flexibility index (Phi) is 2.36. The van der Waals surface area contributed by atoms with E-state index in [0.29, 0.717) is 0 Å². The van der Waals surface area contributed by atoms with E-state index in [1.807, 2.05) is 19.1 Å². The predicted octanol–water partition coefficient (Wildman–Crippen LogP) is 2.77. The first-order chi connectivity index (χ1) is 6.25. The SMILES string of the molecule is Cc1ccc(C(=O)OC2CCC2)s1. The van der Waals surface area contributed by atoms with Gasteiger partial charge in [0.2, 0.25) is 0 Å². The van der Waals surface area contributed by atoms with Crippen LogP contribution in [0.2, 0.25) is 0 Å². The molecule has 13 heavy (non-hydrogen) atoms. The smallest absolute Gasteiger partial charge is 0.348 e. The van der Waals surface area contributed by atoms with Crippen LogP contribution in [0.15, 0.2) is 12.1 Å². The summed E-state index contributed by atoms with van der Waals surface area (Å²) in [6.07, 6.45) is 3.46. The van der Waals surface area contributed by atoms with Gasteiger partial charge >= 0.3 is 5.97 Å². The Bertz CT molecular complexity index is 312. The zero-order valence-electron chi connectivity index (χ0n) is 7.58. The third-order valence-corrected chi connectivity index (χ3v) is 3.25. The van der Waals surface area contributed by atoms with Crippen LogP contribution in [0.4, 0.5) is 0 Å². The highest BCUT2D eigenvalue weighted by atomic mass is 32.1. The summed E-state index contributed by atoms with van der Waals surface area (Å²) in [4.78, 5) is 13.3. The molecule has 0 N–H and O–H groups in total. The highest BCUT2D eigenvalue weighted by molar-refractivity contribution is 7.13. The van der Waals surface area contributed by atoms with Crippen molar-refractivity contribution in [1.29, 1.82) is 0 Å². The molecule has 2 nitrogen and oxygen atoms in total. The standard InChI is InChI=1S/C10H12O2S/c1-7-5-6-9(13-7)10(11)12-8-3-2-4-8/h5-6,8H,2-4H2,1H3. The third-order valence-electron chi connectivity index (χ3n) is 2.27. The molecule has 1 aliphatic rings. The van der Waals surface area contributed by atoms with Crippen LogP contribution in [-0.4, -0.2) is 12.1 Å². The fraction of sp³-hybridized carbons (Fsp3) is 0.500. The van der Waals surface area contributed by atoms with E-state index in [1.54, 1.807) is 0 Å². The van der Waals surface area contributed by atoms with E-state index in [4.69, 9.17) is 4.74 Å². The second-order valence-electron chi connectivity index (χ2n) is 3.37. The van der Waals surface area contributed by atoms with Crippen molar-refractivity contribution in [2.24, 2.45) is 0 Å². The Morgan fingerprint density at radius 1 is 1.54 bits per heavy atom. The molecule has 2 rings (SSSR count). The van der Waals surface area contributed by atoms with Crippen LogP contribution < -0.4 is 0 Å². The largest absolute Gasteiger partial charge is 0.458 e. The van der Waals surface area contributed by atoms with Crippen molar-refractivity contribution in [3.8, 4) is 0 Å². The summed E-state index contributed by atoms with van der Waals surface area (Å²) >= 11 is 1.50. The number of rotatable bonds is 2. The van der Waals surface area contributed by atoms with Gasteiger partial charge in [-0.2, -0.15) is 0 Å². The fourth-order valence-corrected chi connectivity index (χ4v) is 1.99. The number of esters is 1. The molecule has 1 heterocycles. The van der Waals surface area contributed by atoms with E-state index in [2.05, 4.69) is 0 Å². The van der Waals surface area contributed by atoms with E-state index in [-0.39, 0.29) is 12.1 Å². The number of aryl methyl sites for hydroxylation is 1. The van der Waals surface area contributed by atoms with Crippen LogP contribution in [0, 0.1) is 6.92 Å². The Hall–Kier alpha value is -0.830. The molecule has 0 bridgehead atoms. The molecule has 0 saturated heterocycles. The van der Waals surface area contributed by atoms with Gasteiger partial charge < -0.3 is 4.74 Å². The van der Waals surface area contributed by atoms with Gasteiger partial charge in [-0.1, -0.05) is 0 Å². The molecular weight excluding hydrogens is 184 g/mol. The number of carbonyl (C=O) groups excluding carboxylic acids is 1. The highest BCUT2D eigenvalue weighted by Crippen LogP contribution is 2.24. The summed E-state index contributed by atoms with van der Waals surface area (Å²) in [6, 6.07) is 3.78. The van der Waals surface area contributed by atoms with Gasteiger partial charge in [0.15, 0.2) is 0 Å². The van der Waals surface area contributed by atoms with Gasteiger partial charge in [0.25, 0.3) is 0 Å². The molecule has 0 amide bonds. The maximum absolute atomic E-state index is 11.4.